The molecular weight excluding hydrogens is 217 g/mol. The summed E-state index contributed by atoms with van der Waals surface area (Å²) < 4.78 is 41.9. The fourth-order valence-electron chi connectivity index (χ4n) is 0.936. The van der Waals surface area contributed by atoms with Gasteiger partial charge in [-0.15, -0.1) is 0 Å². The fourth-order valence-corrected chi connectivity index (χ4v) is 0.936. The van der Waals surface area contributed by atoms with Crippen molar-refractivity contribution >= 4 is 5.69 Å². The van der Waals surface area contributed by atoms with Crippen LogP contribution in [0.3, 0.4) is 0 Å². The van der Waals surface area contributed by atoms with E-state index in [0.29, 0.717) is 6.20 Å². The number of halogens is 3. The lowest BCUT2D eigenvalue weighted by Gasteiger charge is -2.04. The number of rotatable bonds is 3. The lowest BCUT2D eigenvalue weighted by molar-refractivity contribution is -0.389. The van der Waals surface area contributed by atoms with E-state index in [2.05, 4.69) is 9.72 Å². The summed E-state index contributed by atoms with van der Waals surface area (Å²) in [5.41, 5.74) is -2.31. The Bertz CT molecular complexity index is 397. The van der Waals surface area contributed by atoms with Crippen LogP contribution in [-0.2, 0) is 0 Å². The second kappa shape index (κ2) is 4.11. The molecule has 1 heterocycles. The molecule has 1 aromatic rings. The standard InChI is InChI=1S/C7H5F3N2O3/c1-15-7-5(12(13)14)4(8)3(2-11-7)6(9)10/h2,6H,1H3. The molecule has 1 aromatic heterocycles. The molecule has 0 bridgehead atoms. The zero-order valence-electron chi connectivity index (χ0n) is 7.41. The van der Waals surface area contributed by atoms with Crippen LogP contribution in [0.25, 0.3) is 0 Å². The van der Waals surface area contributed by atoms with Gasteiger partial charge in [-0.2, -0.15) is 4.39 Å². The van der Waals surface area contributed by atoms with Gasteiger partial charge < -0.3 is 4.74 Å². The first kappa shape index (κ1) is 11.2. The molecule has 0 aliphatic heterocycles. The molecule has 0 radical (unpaired) electrons. The Morgan fingerprint density at radius 1 is 1.60 bits per heavy atom. The van der Waals surface area contributed by atoms with Gasteiger partial charge >= 0.3 is 5.69 Å². The molecule has 5 nitrogen and oxygen atoms in total. The molecule has 0 aromatic carbocycles. The fraction of sp³-hybridized carbons (Fsp3) is 0.286. The monoisotopic (exact) mass is 222 g/mol. The van der Waals surface area contributed by atoms with Crippen molar-refractivity contribution < 1.29 is 22.8 Å². The van der Waals surface area contributed by atoms with Crippen LogP contribution in [0, 0.1) is 15.9 Å². The average molecular weight is 222 g/mol. The van der Waals surface area contributed by atoms with Crippen molar-refractivity contribution in [3.63, 3.8) is 0 Å². The van der Waals surface area contributed by atoms with E-state index < -0.39 is 34.3 Å². The molecular formula is C7H5F3N2O3. The smallest absolute Gasteiger partial charge is 0.366 e. The van der Waals surface area contributed by atoms with Gasteiger partial charge in [-0.3, -0.25) is 10.1 Å². The highest BCUT2D eigenvalue weighted by molar-refractivity contribution is 5.45. The van der Waals surface area contributed by atoms with Crippen molar-refractivity contribution in [3.05, 3.63) is 27.7 Å². The van der Waals surface area contributed by atoms with Gasteiger partial charge in [0.25, 0.3) is 12.3 Å². The third-order valence-electron chi connectivity index (χ3n) is 1.60. The summed E-state index contributed by atoms with van der Waals surface area (Å²) in [5, 5.41) is 10.4. The summed E-state index contributed by atoms with van der Waals surface area (Å²) in [7, 11) is 1.02. The molecule has 0 aliphatic carbocycles. The maximum Gasteiger partial charge on any atom is 0.366 e. The predicted octanol–water partition coefficient (Wildman–Crippen LogP) is 2.08. The summed E-state index contributed by atoms with van der Waals surface area (Å²) in [5.74, 6) is -2.26. The van der Waals surface area contributed by atoms with Crippen LogP contribution in [0.15, 0.2) is 6.20 Å². The second-order valence-electron chi connectivity index (χ2n) is 2.44. The van der Waals surface area contributed by atoms with E-state index in [1.165, 1.54) is 0 Å². The van der Waals surface area contributed by atoms with Crippen LogP contribution in [-0.4, -0.2) is 17.0 Å². The Hall–Kier alpha value is -1.86. The Labute approximate surface area is 81.6 Å². The molecule has 0 spiro atoms. The summed E-state index contributed by atoms with van der Waals surface area (Å²) in [6, 6.07) is 0. The minimum absolute atomic E-state index is 0.506. The van der Waals surface area contributed by atoms with E-state index in [0.717, 1.165) is 7.11 Å². The normalized spacial score (nSPS) is 10.5. The van der Waals surface area contributed by atoms with Gasteiger partial charge in [-0.05, 0) is 0 Å². The molecule has 0 saturated carbocycles. The number of nitrogens with zero attached hydrogens (tertiary/aromatic N) is 2. The average Bonchev–Trinajstić information content (AvgIpc) is 2.15. The van der Waals surface area contributed by atoms with E-state index >= 15 is 0 Å². The molecule has 0 fully saturated rings. The molecule has 0 atom stereocenters. The molecule has 0 saturated heterocycles. The SMILES string of the molecule is COc1ncc(C(F)F)c(F)c1[N+](=O)[O-]. The zero-order chi connectivity index (χ0) is 11.6. The van der Waals surface area contributed by atoms with Crippen LogP contribution in [0.4, 0.5) is 18.9 Å². The maximum atomic E-state index is 13.2. The number of hydrogen-bond donors (Lipinski definition) is 0. The van der Waals surface area contributed by atoms with E-state index in [1.54, 1.807) is 0 Å². The number of hydrogen-bond acceptors (Lipinski definition) is 4. The van der Waals surface area contributed by atoms with Crippen LogP contribution in [0.1, 0.15) is 12.0 Å². The van der Waals surface area contributed by atoms with Crippen molar-refractivity contribution in [2.45, 2.75) is 6.43 Å². The van der Waals surface area contributed by atoms with Crippen molar-refractivity contribution in [1.82, 2.24) is 4.98 Å². The second-order valence-corrected chi connectivity index (χ2v) is 2.44. The highest BCUT2D eigenvalue weighted by atomic mass is 19.3. The summed E-state index contributed by atoms with van der Waals surface area (Å²) >= 11 is 0. The molecule has 15 heavy (non-hydrogen) atoms. The Balaban J connectivity index is 3.42. The lowest BCUT2D eigenvalue weighted by Crippen LogP contribution is -2.03. The first-order chi connectivity index (χ1) is 6.99. The van der Waals surface area contributed by atoms with E-state index in [9.17, 15) is 23.3 Å². The Morgan fingerprint density at radius 3 is 2.60 bits per heavy atom. The first-order valence-corrected chi connectivity index (χ1v) is 3.64. The van der Waals surface area contributed by atoms with Gasteiger partial charge in [0.15, 0.2) is 0 Å². The van der Waals surface area contributed by atoms with Gasteiger partial charge in [0.05, 0.1) is 17.6 Å². The number of ether oxygens (including phenoxy) is 1. The van der Waals surface area contributed by atoms with Gasteiger partial charge in [-0.1, -0.05) is 0 Å². The predicted molar refractivity (Wildman–Crippen MR) is 42.4 cm³/mol. The topological polar surface area (TPSA) is 65.3 Å². The van der Waals surface area contributed by atoms with Crippen LogP contribution >= 0.6 is 0 Å². The van der Waals surface area contributed by atoms with Crippen LogP contribution in [0.5, 0.6) is 5.88 Å². The third-order valence-corrected chi connectivity index (χ3v) is 1.60. The molecule has 0 N–H and O–H groups in total. The largest absolute Gasteiger partial charge is 0.476 e. The molecule has 82 valence electrons. The molecule has 8 heteroatoms. The first-order valence-electron chi connectivity index (χ1n) is 3.64. The highest BCUT2D eigenvalue weighted by Gasteiger charge is 2.29. The number of aromatic nitrogens is 1. The Morgan fingerprint density at radius 2 is 2.20 bits per heavy atom. The Kier molecular flexibility index (Phi) is 3.08. The van der Waals surface area contributed by atoms with Gasteiger partial charge in [0.1, 0.15) is 0 Å². The lowest BCUT2D eigenvalue weighted by atomic mass is 10.2. The van der Waals surface area contributed by atoms with Gasteiger partial charge in [-0.25, -0.2) is 13.8 Å². The summed E-state index contributed by atoms with van der Waals surface area (Å²) in [6.45, 7) is 0. The number of alkyl halides is 2. The minimum atomic E-state index is -3.16. The third kappa shape index (κ3) is 1.97. The molecule has 0 unspecified atom stereocenters. The molecule has 0 aliphatic rings. The van der Waals surface area contributed by atoms with Gasteiger partial charge in [0, 0.05) is 6.20 Å². The number of pyridine rings is 1. The zero-order valence-corrected chi connectivity index (χ0v) is 7.41. The van der Waals surface area contributed by atoms with E-state index in [1.807, 2.05) is 0 Å². The van der Waals surface area contributed by atoms with Crippen molar-refractivity contribution in [2.75, 3.05) is 7.11 Å². The van der Waals surface area contributed by atoms with Crippen molar-refractivity contribution in [3.8, 4) is 5.88 Å². The highest BCUT2D eigenvalue weighted by Crippen LogP contribution is 2.33. The van der Waals surface area contributed by atoms with Crippen molar-refractivity contribution in [1.29, 1.82) is 0 Å². The van der Waals surface area contributed by atoms with E-state index in [4.69, 9.17) is 0 Å². The van der Waals surface area contributed by atoms with Crippen LogP contribution < -0.4 is 4.74 Å². The number of nitro groups is 1. The minimum Gasteiger partial charge on any atom is -0.476 e. The summed E-state index contributed by atoms with van der Waals surface area (Å²) in [6.07, 6.45) is -2.66. The maximum absolute atomic E-state index is 13.2. The summed E-state index contributed by atoms with van der Waals surface area (Å²) in [4.78, 5) is 12.4. The quantitative estimate of drug-likeness (QED) is 0.580. The van der Waals surface area contributed by atoms with Gasteiger partial charge in [0.2, 0.25) is 5.82 Å². The van der Waals surface area contributed by atoms with Crippen LogP contribution in [0.2, 0.25) is 0 Å². The van der Waals surface area contributed by atoms with Crippen molar-refractivity contribution in [2.24, 2.45) is 0 Å². The van der Waals surface area contributed by atoms with E-state index in [-0.39, 0.29) is 0 Å². The molecule has 1 rings (SSSR count). The molecule has 0 amide bonds. The number of methoxy groups -OCH3 is 1.